The van der Waals surface area contributed by atoms with Crippen molar-refractivity contribution in [3.63, 3.8) is 0 Å². The Kier molecular flexibility index (Phi) is 6.18. The van der Waals surface area contributed by atoms with Crippen molar-refractivity contribution in [1.82, 2.24) is 15.1 Å². The van der Waals surface area contributed by atoms with Crippen LogP contribution in [0.3, 0.4) is 0 Å². The van der Waals surface area contributed by atoms with E-state index in [1.807, 2.05) is 32.0 Å². The molecule has 6 heteroatoms. The van der Waals surface area contributed by atoms with Crippen LogP contribution in [0.2, 0.25) is 0 Å². The van der Waals surface area contributed by atoms with Crippen molar-refractivity contribution in [1.29, 1.82) is 0 Å². The number of hydrogen-bond donors (Lipinski definition) is 1. The molecule has 1 heterocycles. The molecule has 2 rings (SSSR count). The van der Waals surface area contributed by atoms with E-state index in [9.17, 15) is 9.18 Å². The highest BCUT2D eigenvalue weighted by Gasteiger charge is 2.32. The minimum Gasteiger partial charge on any atom is -0.372 e. The molecular formula is C18H28FN3O2. The van der Waals surface area contributed by atoms with Gasteiger partial charge in [0.15, 0.2) is 0 Å². The molecule has 1 atom stereocenters. The third-order valence-corrected chi connectivity index (χ3v) is 4.41. The Balaban J connectivity index is 1.94. The van der Waals surface area contributed by atoms with E-state index >= 15 is 0 Å². The summed E-state index contributed by atoms with van der Waals surface area (Å²) in [7, 11) is 3.80. The lowest BCUT2D eigenvalue weighted by molar-refractivity contribution is -0.0872. The van der Waals surface area contributed by atoms with Gasteiger partial charge in [0.2, 0.25) is 0 Å². The summed E-state index contributed by atoms with van der Waals surface area (Å²) in [5, 5.41) is 2.93. The summed E-state index contributed by atoms with van der Waals surface area (Å²) in [5.74, 6) is -0.217. The number of carbonyl (C=O) groups is 1. The maximum Gasteiger partial charge on any atom is 0.317 e. The molecule has 1 fully saturated rings. The fourth-order valence-corrected chi connectivity index (χ4v) is 2.81. The standard InChI is InChI=1S/C18H28FN3O2/c1-5-18(2)13-22(8-9-24-18)17(23)20-11-14-6-7-16(19)15(10-14)12-21(3)4/h6-7,10H,5,8-9,11-13H2,1-4H3,(H,20,23)/t18-/m1/s1. The molecule has 0 bridgehead atoms. The fourth-order valence-electron chi connectivity index (χ4n) is 2.81. The van der Waals surface area contributed by atoms with Crippen LogP contribution in [0.1, 0.15) is 31.4 Å². The number of rotatable bonds is 5. The van der Waals surface area contributed by atoms with E-state index in [2.05, 4.69) is 12.2 Å². The molecule has 1 aliphatic heterocycles. The Hall–Kier alpha value is -1.66. The Morgan fingerprint density at radius 2 is 2.21 bits per heavy atom. The van der Waals surface area contributed by atoms with E-state index in [0.29, 0.717) is 38.3 Å². The molecule has 1 saturated heterocycles. The number of amides is 2. The summed E-state index contributed by atoms with van der Waals surface area (Å²) in [6.45, 7) is 6.75. The van der Waals surface area contributed by atoms with E-state index in [0.717, 1.165) is 12.0 Å². The largest absolute Gasteiger partial charge is 0.372 e. The molecule has 1 aromatic carbocycles. The first-order valence-electron chi connectivity index (χ1n) is 8.42. The molecule has 0 aliphatic carbocycles. The highest BCUT2D eigenvalue weighted by atomic mass is 19.1. The van der Waals surface area contributed by atoms with E-state index < -0.39 is 0 Å². The molecule has 1 aliphatic rings. The number of benzene rings is 1. The second kappa shape index (κ2) is 7.94. The van der Waals surface area contributed by atoms with Gasteiger partial charge in [-0.3, -0.25) is 0 Å². The van der Waals surface area contributed by atoms with Gasteiger partial charge in [-0.15, -0.1) is 0 Å². The van der Waals surface area contributed by atoms with Gasteiger partial charge in [0.1, 0.15) is 5.82 Å². The topological polar surface area (TPSA) is 44.8 Å². The van der Waals surface area contributed by atoms with Crippen molar-refractivity contribution < 1.29 is 13.9 Å². The number of halogens is 1. The summed E-state index contributed by atoms with van der Waals surface area (Å²) in [5.41, 5.74) is 1.26. The lowest BCUT2D eigenvalue weighted by Gasteiger charge is -2.39. The van der Waals surface area contributed by atoms with Gasteiger partial charge in [0.25, 0.3) is 0 Å². The van der Waals surface area contributed by atoms with Gasteiger partial charge in [0, 0.05) is 25.2 Å². The van der Waals surface area contributed by atoms with E-state index in [-0.39, 0.29) is 17.4 Å². The molecular weight excluding hydrogens is 309 g/mol. The number of ether oxygens (including phenoxy) is 1. The Morgan fingerprint density at radius 1 is 1.46 bits per heavy atom. The van der Waals surface area contributed by atoms with Crippen LogP contribution in [0.15, 0.2) is 18.2 Å². The van der Waals surface area contributed by atoms with Crippen molar-refractivity contribution in [2.75, 3.05) is 33.8 Å². The lowest BCUT2D eigenvalue weighted by atomic mass is 10.0. The summed E-state index contributed by atoms with van der Waals surface area (Å²) in [4.78, 5) is 16.1. The van der Waals surface area contributed by atoms with Crippen molar-refractivity contribution in [2.24, 2.45) is 0 Å². The van der Waals surface area contributed by atoms with Gasteiger partial charge in [-0.2, -0.15) is 0 Å². The third-order valence-electron chi connectivity index (χ3n) is 4.41. The third kappa shape index (κ3) is 4.92. The second-order valence-corrected chi connectivity index (χ2v) is 6.90. The monoisotopic (exact) mass is 337 g/mol. The van der Waals surface area contributed by atoms with Crippen LogP contribution in [-0.4, -0.2) is 55.2 Å². The van der Waals surface area contributed by atoms with Gasteiger partial charge >= 0.3 is 6.03 Å². The average Bonchev–Trinajstić information content (AvgIpc) is 2.55. The molecule has 0 spiro atoms. The van der Waals surface area contributed by atoms with Crippen molar-refractivity contribution in [3.05, 3.63) is 35.1 Å². The number of hydrogen-bond acceptors (Lipinski definition) is 3. The first-order chi connectivity index (χ1) is 11.3. The second-order valence-electron chi connectivity index (χ2n) is 6.90. The number of carbonyl (C=O) groups excluding carboxylic acids is 1. The predicted molar refractivity (Wildman–Crippen MR) is 92.2 cm³/mol. The highest BCUT2D eigenvalue weighted by Crippen LogP contribution is 2.21. The molecule has 24 heavy (non-hydrogen) atoms. The highest BCUT2D eigenvalue weighted by molar-refractivity contribution is 5.74. The van der Waals surface area contributed by atoms with E-state index in [1.54, 1.807) is 11.0 Å². The van der Waals surface area contributed by atoms with Gasteiger partial charge in [-0.25, -0.2) is 9.18 Å². The molecule has 1 N–H and O–H groups in total. The average molecular weight is 337 g/mol. The number of nitrogens with one attached hydrogen (secondary N) is 1. The summed E-state index contributed by atoms with van der Waals surface area (Å²) < 4.78 is 19.6. The van der Waals surface area contributed by atoms with Gasteiger partial charge in [-0.1, -0.05) is 13.0 Å². The summed E-state index contributed by atoms with van der Waals surface area (Å²) in [6, 6.07) is 4.88. The number of nitrogens with zero attached hydrogens (tertiary/aromatic N) is 2. The summed E-state index contributed by atoms with van der Waals surface area (Å²) >= 11 is 0. The normalized spacial score (nSPS) is 21.2. The lowest BCUT2D eigenvalue weighted by Crippen LogP contribution is -2.54. The molecule has 2 amide bonds. The number of morpholine rings is 1. The van der Waals surface area contributed by atoms with Gasteiger partial charge in [0.05, 0.1) is 18.8 Å². The first kappa shape index (κ1) is 18.7. The maximum absolute atomic E-state index is 13.8. The molecule has 0 radical (unpaired) electrons. The molecule has 0 saturated carbocycles. The van der Waals surface area contributed by atoms with E-state index in [1.165, 1.54) is 6.07 Å². The zero-order valence-electron chi connectivity index (χ0n) is 15.1. The fraction of sp³-hybridized carbons (Fsp3) is 0.611. The SMILES string of the molecule is CC[C@]1(C)CN(C(=O)NCc2ccc(F)c(CN(C)C)c2)CCO1. The molecule has 5 nitrogen and oxygen atoms in total. The molecule has 134 valence electrons. The van der Waals surface area contributed by atoms with E-state index in [4.69, 9.17) is 4.74 Å². The smallest absolute Gasteiger partial charge is 0.317 e. The Bertz CT molecular complexity index is 579. The van der Waals surface area contributed by atoms with Crippen LogP contribution in [0, 0.1) is 5.82 Å². The van der Waals surface area contributed by atoms with Crippen LogP contribution in [-0.2, 0) is 17.8 Å². The Labute approximate surface area is 143 Å². The van der Waals surface area contributed by atoms with Crippen molar-refractivity contribution >= 4 is 6.03 Å². The van der Waals surface area contributed by atoms with Crippen LogP contribution in [0.4, 0.5) is 9.18 Å². The van der Waals surface area contributed by atoms with Crippen LogP contribution in [0.25, 0.3) is 0 Å². The van der Waals surface area contributed by atoms with Crippen LogP contribution < -0.4 is 5.32 Å². The minimum absolute atomic E-state index is 0.101. The van der Waals surface area contributed by atoms with Gasteiger partial charge in [-0.05, 0) is 45.1 Å². The zero-order chi connectivity index (χ0) is 17.7. The minimum atomic E-state index is -0.273. The predicted octanol–water partition coefficient (Wildman–Crippen LogP) is 2.60. The first-order valence-corrected chi connectivity index (χ1v) is 8.42. The number of urea groups is 1. The molecule has 0 aromatic heterocycles. The van der Waals surface area contributed by atoms with Gasteiger partial charge < -0.3 is 19.9 Å². The van der Waals surface area contributed by atoms with Crippen LogP contribution >= 0.6 is 0 Å². The summed E-state index contributed by atoms with van der Waals surface area (Å²) in [6.07, 6.45) is 0.864. The quantitative estimate of drug-likeness (QED) is 0.898. The Morgan fingerprint density at radius 3 is 2.88 bits per heavy atom. The molecule has 1 aromatic rings. The van der Waals surface area contributed by atoms with Crippen LogP contribution in [0.5, 0.6) is 0 Å². The maximum atomic E-state index is 13.8. The molecule has 0 unspecified atom stereocenters. The van der Waals surface area contributed by atoms with Crippen molar-refractivity contribution in [2.45, 2.75) is 39.0 Å². The zero-order valence-corrected chi connectivity index (χ0v) is 15.1. The van der Waals surface area contributed by atoms with Crippen molar-refractivity contribution in [3.8, 4) is 0 Å².